The standard InChI is InChI=1S/C12H8BrFO3/c1-6(11(14)12(15)16)10-5-7-4-8(13)2-3-9(7)17-10/h2-5H,1H3,(H,15,16). The molecule has 0 bridgehead atoms. The van der Waals surface area contributed by atoms with Crippen LogP contribution in [-0.2, 0) is 4.79 Å². The van der Waals surface area contributed by atoms with Gasteiger partial charge in [0.15, 0.2) is 0 Å². The second kappa shape index (κ2) is 4.33. The number of carboxylic acids is 1. The van der Waals surface area contributed by atoms with Gasteiger partial charge in [0.05, 0.1) is 0 Å². The largest absolute Gasteiger partial charge is 0.476 e. The van der Waals surface area contributed by atoms with Gasteiger partial charge < -0.3 is 9.52 Å². The SMILES string of the molecule is CC(=C(F)C(=O)O)c1cc2cc(Br)ccc2o1. The Morgan fingerprint density at radius 2 is 2.12 bits per heavy atom. The zero-order chi connectivity index (χ0) is 12.6. The number of hydrogen-bond donors (Lipinski definition) is 1. The number of carboxylic acid groups (broad SMARTS) is 1. The Balaban J connectivity index is 2.57. The number of furan rings is 1. The molecule has 1 N–H and O–H groups in total. The maximum atomic E-state index is 13.2. The lowest BCUT2D eigenvalue weighted by Gasteiger charge is -1.95. The molecule has 1 aromatic heterocycles. The van der Waals surface area contributed by atoms with Gasteiger partial charge >= 0.3 is 5.97 Å². The van der Waals surface area contributed by atoms with E-state index in [2.05, 4.69) is 15.9 Å². The number of benzene rings is 1. The van der Waals surface area contributed by atoms with Crippen LogP contribution in [0.3, 0.4) is 0 Å². The van der Waals surface area contributed by atoms with Crippen LogP contribution in [0.5, 0.6) is 0 Å². The summed E-state index contributed by atoms with van der Waals surface area (Å²) in [6.45, 7) is 1.37. The highest BCUT2D eigenvalue weighted by Gasteiger charge is 2.15. The fourth-order valence-corrected chi connectivity index (χ4v) is 1.85. The van der Waals surface area contributed by atoms with E-state index in [0.717, 1.165) is 9.86 Å². The molecule has 0 aliphatic carbocycles. The van der Waals surface area contributed by atoms with Crippen molar-refractivity contribution >= 4 is 38.4 Å². The van der Waals surface area contributed by atoms with Crippen molar-refractivity contribution in [1.29, 1.82) is 0 Å². The average molecular weight is 299 g/mol. The van der Waals surface area contributed by atoms with E-state index in [9.17, 15) is 9.18 Å². The molecule has 1 aromatic carbocycles. The van der Waals surface area contributed by atoms with Gasteiger partial charge in [-0.05, 0) is 31.2 Å². The molecule has 0 saturated heterocycles. The molecule has 0 radical (unpaired) electrons. The Morgan fingerprint density at radius 1 is 1.41 bits per heavy atom. The summed E-state index contributed by atoms with van der Waals surface area (Å²) in [6, 6.07) is 6.95. The molecule has 0 unspecified atom stereocenters. The van der Waals surface area contributed by atoms with Crippen LogP contribution in [-0.4, -0.2) is 11.1 Å². The highest BCUT2D eigenvalue weighted by atomic mass is 79.9. The predicted molar refractivity (Wildman–Crippen MR) is 65.3 cm³/mol. The maximum absolute atomic E-state index is 13.2. The Bertz CT molecular complexity index is 628. The highest BCUT2D eigenvalue weighted by Crippen LogP contribution is 2.28. The Labute approximate surface area is 105 Å². The zero-order valence-electron chi connectivity index (χ0n) is 8.83. The lowest BCUT2D eigenvalue weighted by molar-refractivity contribution is -0.134. The summed E-state index contributed by atoms with van der Waals surface area (Å²) in [6.07, 6.45) is 0. The summed E-state index contributed by atoms with van der Waals surface area (Å²) >= 11 is 3.31. The van der Waals surface area contributed by atoms with Gasteiger partial charge in [-0.1, -0.05) is 15.9 Å². The van der Waals surface area contributed by atoms with Gasteiger partial charge in [-0.3, -0.25) is 0 Å². The minimum atomic E-state index is -1.59. The molecule has 0 atom stereocenters. The number of halogens is 2. The maximum Gasteiger partial charge on any atom is 0.365 e. The van der Waals surface area contributed by atoms with Crippen molar-refractivity contribution in [3.05, 3.63) is 40.3 Å². The second-order valence-corrected chi connectivity index (χ2v) is 4.45. The molecule has 88 valence electrons. The fourth-order valence-electron chi connectivity index (χ4n) is 1.47. The number of rotatable bonds is 2. The van der Waals surface area contributed by atoms with Gasteiger partial charge in [0.25, 0.3) is 0 Å². The van der Waals surface area contributed by atoms with Crippen molar-refractivity contribution < 1.29 is 18.7 Å². The third-order valence-electron chi connectivity index (χ3n) is 2.36. The third kappa shape index (κ3) is 2.24. The first kappa shape index (κ1) is 11.9. The molecule has 1 heterocycles. The molecular formula is C12H8BrFO3. The molecule has 17 heavy (non-hydrogen) atoms. The summed E-state index contributed by atoms with van der Waals surface area (Å²) in [5.41, 5.74) is 0.561. The minimum absolute atomic E-state index is 0.0233. The summed E-state index contributed by atoms with van der Waals surface area (Å²) in [4.78, 5) is 10.5. The van der Waals surface area contributed by atoms with Crippen molar-refractivity contribution in [2.45, 2.75) is 6.92 Å². The molecule has 0 aliphatic heterocycles. The molecule has 2 aromatic rings. The van der Waals surface area contributed by atoms with Crippen LogP contribution >= 0.6 is 15.9 Å². The van der Waals surface area contributed by atoms with Gasteiger partial charge in [0, 0.05) is 15.4 Å². The molecule has 0 aliphatic rings. The second-order valence-electron chi connectivity index (χ2n) is 3.54. The number of carbonyl (C=O) groups is 1. The first-order valence-electron chi connectivity index (χ1n) is 4.78. The van der Waals surface area contributed by atoms with Crippen LogP contribution in [0.2, 0.25) is 0 Å². The third-order valence-corrected chi connectivity index (χ3v) is 2.86. The normalized spacial score (nSPS) is 12.6. The van der Waals surface area contributed by atoms with Crippen LogP contribution in [0.4, 0.5) is 4.39 Å². The van der Waals surface area contributed by atoms with E-state index in [1.807, 2.05) is 6.07 Å². The highest BCUT2D eigenvalue weighted by molar-refractivity contribution is 9.10. The van der Waals surface area contributed by atoms with Crippen molar-refractivity contribution in [3.63, 3.8) is 0 Å². The van der Waals surface area contributed by atoms with Crippen LogP contribution in [0.25, 0.3) is 16.5 Å². The van der Waals surface area contributed by atoms with Gasteiger partial charge in [-0.15, -0.1) is 0 Å². The summed E-state index contributed by atoms with van der Waals surface area (Å²) in [5.74, 6) is -2.58. The van der Waals surface area contributed by atoms with Crippen molar-refractivity contribution in [3.8, 4) is 0 Å². The lowest BCUT2D eigenvalue weighted by Crippen LogP contribution is -1.97. The molecule has 0 saturated carbocycles. The van der Waals surface area contributed by atoms with Crippen molar-refractivity contribution in [2.75, 3.05) is 0 Å². The van der Waals surface area contributed by atoms with Crippen LogP contribution in [0.15, 0.2) is 39.0 Å². The van der Waals surface area contributed by atoms with Gasteiger partial charge in [-0.25, -0.2) is 4.79 Å². The fraction of sp³-hybridized carbons (Fsp3) is 0.0833. The quantitative estimate of drug-likeness (QED) is 0.853. The lowest BCUT2D eigenvalue weighted by atomic mass is 10.2. The van der Waals surface area contributed by atoms with Crippen LogP contribution in [0.1, 0.15) is 12.7 Å². The number of allylic oxidation sites excluding steroid dienone is 1. The average Bonchev–Trinajstić information content (AvgIpc) is 2.69. The first-order chi connectivity index (χ1) is 7.99. The summed E-state index contributed by atoms with van der Waals surface area (Å²) in [7, 11) is 0. The molecule has 5 heteroatoms. The van der Waals surface area contributed by atoms with Crippen molar-refractivity contribution in [2.24, 2.45) is 0 Å². The van der Waals surface area contributed by atoms with E-state index < -0.39 is 11.8 Å². The number of hydrogen-bond acceptors (Lipinski definition) is 2. The Kier molecular flexibility index (Phi) is 3.02. The Hall–Kier alpha value is -1.62. The molecule has 2 rings (SSSR count). The number of aliphatic carboxylic acids is 1. The van der Waals surface area contributed by atoms with E-state index in [-0.39, 0.29) is 11.3 Å². The molecule has 0 spiro atoms. The van der Waals surface area contributed by atoms with E-state index in [0.29, 0.717) is 5.58 Å². The van der Waals surface area contributed by atoms with E-state index in [1.54, 1.807) is 18.2 Å². The Morgan fingerprint density at radius 3 is 2.76 bits per heavy atom. The smallest absolute Gasteiger partial charge is 0.365 e. The predicted octanol–water partition coefficient (Wildman–Crippen LogP) is 3.98. The minimum Gasteiger partial charge on any atom is -0.476 e. The van der Waals surface area contributed by atoms with Crippen LogP contribution < -0.4 is 0 Å². The van der Waals surface area contributed by atoms with E-state index in [1.165, 1.54) is 6.92 Å². The molecule has 3 nitrogen and oxygen atoms in total. The van der Waals surface area contributed by atoms with E-state index >= 15 is 0 Å². The zero-order valence-corrected chi connectivity index (χ0v) is 10.4. The topological polar surface area (TPSA) is 50.4 Å². The molecule has 0 amide bonds. The first-order valence-corrected chi connectivity index (χ1v) is 5.57. The monoisotopic (exact) mass is 298 g/mol. The van der Waals surface area contributed by atoms with Gasteiger partial charge in [-0.2, -0.15) is 4.39 Å². The molecular weight excluding hydrogens is 291 g/mol. The van der Waals surface area contributed by atoms with Crippen molar-refractivity contribution in [1.82, 2.24) is 0 Å². The van der Waals surface area contributed by atoms with Gasteiger partial charge in [0.1, 0.15) is 11.3 Å². The summed E-state index contributed by atoms with van der Waals surface area (Å²) in [5, 5.41) is 9.33. The molecule has 0 fully saturated rings. The number of fused-ring (bicyclic) bond motifs is 1. The van der Waals surface area contributed by atoms with E-state index in [4.69, 9.17) is 9.52 Å². The summed E-state index contributed by atoms with van der Waals surface area (Å²) < 4.78 is 19.5. The van der Waals surface area contributed by atoms with Gasteiger partial charge in [0.2, 0.25) is 5.83 Å². The van der Waals surface area contributed by atoms with Crippen LogP contribution in [0, 0.1) is 0 Å².